The summed E-state index contributed by atoms with van der Waals surface area (Å²) >= 11 is 5.97. The Kier molecular flexibility index (Phi) is 7.72. The van der Waals surface area contributed by atoms with Crippen LogP contribution in [-0.4, -0.2) is 53.9 Å². The Balaban J connectivity index is 1.28. The average molecular weight is 547 g/mol. The monoisotopic (exact) mass is 546 g/mol. The van der Waals surface area contributed by atoms with Gasteiger partial charge in [-0.05, 0) is 81.7 Å². The molecule has 5 N–H and O–H groups in total. The lowest BCUT2D eigenvalue weighted by atomic mass is 10.0. The van der Waals surface area contributed by atoms with Gasteiger partial charge in [0.25, 0.3) is 11.8 Å². The van der Waals surface area contributed by atoms with Gasteiger partial charge in [-0.15, -0.1) is 0 Å². The number of H-pyrrole nitrogens is 1. The van der Waals surface area contributed by atoms with E-state index < -0.39 is 6.03 Å². The van der Waals surface area contributed by atoms with Crippen molar-refractivity contribution in [2.45, 2.75) is 26.7 Å². The average Bonchev–Trinajstić information content (AvgIpc) is 3.57. The number of anilines is 3. The molecule has 0 bridgehead atoms. The predicted molar refractivity (Wildman–Crippen MR) is 155 cm³/mol. The number of rotatable bonds is 7. The number of aromatic amines is 1. The van der Waals surface area contributed by atoms with Crippen molar-refractivity contribution in [1.29, 1.82) is 0 Å². The van der Waals surface area contributed by atoms with E-state index in [1.165, 1.54) is 12.8 Å². The zero-order valence-electron chi connectivity index (χ0n) is 21.9. The van der Waals surface area contributed by atoms with E-state index in [9.17, 15) is 14.4 Å². The molecule has 202 valence electrons. The van der Waals surface area contributed by atoms with Gasteiger partial charge >= 0.3 is 6.03 Å². The SMILES string of the molecule is Cc1[nH]c(/C=C2\C(=O)Nc3cc(NC(=O)Nc4cccc(Cl)c4)ccc32)c(C)c1C(=O)NCCN1CCCC1. The second kappa shape index (κ2) is 11.3. The third kappa shape index (κ3) is 6.00. The van der Waals surface area contributed by atoms with Gasteiger partial charge in [-0.25, -0.2) is 4.79 Å². The molecule has 1 fully saturated rings. The van der Waals surface area contributed by atoms with Crippen LogP contribution >= 0.6 is 11.6 Å². The number of aryl methyl sites for hydroxylation is 1. The highest BCUT2D eigenvalue weighted by Crippen LogP contribution is 2.36. The molecule has 0 aliphatic carbocycles. The number of likely N-dealkylation sites (tertiary alicyclic amines) is 1. The number of hydrogen-bond acceptors (Lipinski definition) is 4. The molecule has 0 unspecified atom stereocenters. The minimum absolute atomic E-state index is 0.117. The normalized spacial score (nSPS) is 15.8. The second-order valence-electron chi connectivity index (χ2n) is 9.83. The first-order valence-corrected chi connectivity index (χ1v) is 13.4. The van der Waals surface area contributed by atoms with Gasteiger partial charge in [0, 0.05) is 46.4 Å². The maximum Gasteiger partial charge on any atom is 0.323 e. The summed E-state index contributed by atoms with van der Waals surface area (Å²) in [6.45, 7) is 7.37. The first kappa shape index (κ1) is 26.5. The van der Waals surface area contributed by atoms with Crippen molar-refractivity contribution in [2.24, 2.45) is 0 Å². The van der Waals surface area contributed by atoms with E-state index >= 15 is 0 Å². The molecule has 4 amide bonds. The molecule has 10 heteroatoms. The minimum Gasteiger partial charge on any atom is -0.358 e. The van der Waals surface area contributed by atoms with Gasteiger partial charge in [0.15, 0.2) is 0 Å². The molecule has 0 radical (unpaired) electrons. The first-order chi connectivity index (χ1) is 18.8. The van der Waals surface area contributed by atoms with Crippen LogP contribution in [0.5, 0.6) is 0 Å². The Morgan fingerprint density at radius 3 is 2.54 bits per heavy atom. The van der Waals surface area contributed by atoms with Crippen LogP contribution in [0.1, 0.15) is 45.7 Å². The molecule has 9 nitrogen and oxygen atoms in total. The van der Waals surface area contributed by atoms with E-state index in [0.29, 0.717) is 51.0 Å². The fraction of sp³-hybridized carbons (Fsp3) is 0.276. The number of carbonyl (C=O) groups excluding carboxylic acids is 3. The molecule has 0 saturated carbocycles. The van der Waals surface area contributed by atoms with Gasteiger partial charge in [0.05, 0.1) is 16.8 Å². The van der Waals surface area contributed by atoms with E-state index in [-0.39, 0.29) is 11.8 Å². The van der Waals surface area contributed by atoms with Gasteiger partial charge in [0.1, 0.15) is 0 Å². The maximum atomic E-state index is 12.9. The van der Waals surface area contributed by atoms with Gasteiger partial charge in [0.2, 0.25) is 0 Å². The number of nitrogens with zero attached hydrogens (tertiary/aromatic N) is 1. The van der Waals surface area contributed by atoms with Crippen LogP contribution in [0.25, 0.3) is 11.6 Å². The van der Waals surface area contributed by atoms with Crippen LogP contribution in [0, 0.1) is 13.8 Å². The first-order valence-electron chi connectivity index (χ1n) is 13.0. The fourth-order valence-corrected chi connectivity index (χ4v) is 5.29. The van der Waals surface area contributed by atoms with Crippen molar-refractivity contribution >= 4 is 58.2 Å². The van der Waals surface area contributed by atoms with Crippen LogP contribution < -0.4 is 21.3 Å². The van der Waals surface area contributed by atoms with Crippen LogP contribution in [0.4, 0.5) is 21.9 Å². The van der Waals surface area contributed by atoms with Crippen molar-refractivity contribution in [2.75, 3.05) is 42.1 Å². The lowest BCUT2D eigenvalue weighted by Gasteiger charge is -2.14. The lowest BCUT2D eigenvalue weighted by Crippen LogP contribution is -2.33. The van der Waals surface area contributed by atoms with Crippen LogP contribution in [0.2, 0.25) is 5.02 Å². The number of urea groups is 1. The standard InChI is InChI=1S/C29H31ClN6O3/c1-17-24(32-18(2)26(17)28(38)31-10-13-36-11-3-4-12-36)16-23-22-9-8-21(15-25(22)35-27(23)37)34-29(39)33-20-7-5-6-19(30)14-20/h5-9,14-16,32H,3-4,10-13H2,1-2H3,(H,31,38)(H,35,37)(H2,33,34,39)/b23-16-. The zero-order valence-corrected chi connectivity index (χ0v) is 22.7. The van der Waals surface area contributed by atoms with E-state index in [2.05, 4.69) is 31.2 Å². The van der Waals surface area contributed by atoms with E-state index in [1.807, 2.05) is 13.8 Å². The topological polar surface area (TPSA) is 118 Å². The molecule has 0 atom stereocenters. The molecule has 2 aromatic carbocycles. The summed E-state index contributed by atoms with van der Waals surface area (Å²) in [5.41, 5.74) is 5.72. The summed E-state index contributed by atoms with van der Waals surface area (Å²) in [5, 5.41) is 11.9. The van der Waals surface area contributed by atoms with Crippen molar-refractivity contribution < 1.29 is 14.4 Å². The highest BCUT2D eigenvalue weighted by atomic mass is 35.5. The molecule has 2 aliphatic heterocycles. The highest BCUT2D eigenvalue weighted by Gasteiger charge is 2.26. The van der Waals surface area contributed by atoms with Crippen LogP contribution in [-0.2, 0) is 4.79 Å². The summed E-state index contributed by atoms with van der Waals surface area (Å²) in [6.07, 6.45) is 4.20. The largest absolute Gasteiger partial charge is 0.358 e. The molecular weight excluding hydrogens is 516 g/mol. The number of carbonyl (C=O) groups is 3. The molecule has 5 rings (SSSR count). The summed E-state index contributed by atoms with van der Waals surface area (Å²) in [7, 11) is 0. The number of fused-ring (bicyclic) bond motifs is 1. The maximum absolute atomic E-state index is 12.9. The van der Waals surface area contributed by atoms with E-state index in [1.54, 1.807) is 48.5 Å². The fourth-order valence-electron chi connectivity index (χ4n) is 5.10. The number of aromatic nitrogens is 1. The Bertz CT molecular complexity index is 1470. The van der Waals surface area contributed by atoms with Crippen LogP contribution in [0.3, 0.4) is 0 Å². The van der Waals surface area contributed by atoms with Gasteiger partial charge in [-0.2, -0.15) is 0 Å². The molecule has 0 spiro atoms. The Morgan fingerprint density at radius 2 is 1.79 bits per heavy atom. The quantitative estimate of drug-likeness (QED) is 0.260. The molecule has 39 heavy (non-hydrogen) atoms. The highest BCUT2D eigenvalue weighted by molar-refractivity contribution is 6.35. The van der Waals surface area contributed by atoms with Crippen LogP contribution in [0.15, 0.2) is 42.5 Å². The van der Waals surface area contributed by atoms with Crippen molar-refractivity contribution in [1.82, 2.24) is 15.2 Å². The summed E-state index contributed by atoms with van der Waals surface area (Å²) < 4.78 is 0. The second-order valence-corrected chi connectivity index (χ2v) is 10.3. The number of amides is 4. The Hall–Kier alpha value is -4.08. The summed E-state index contributed by atoms with van der Waals surface area (Å²) in [5.74, 6) is -0.373. The smallest absolute Gasteiger partial charge is 0.323 e. The number of benzene rings is 2. The van der Waals surface area contributed by atoms with Gasteiger partial charge in [-0.1, -0.05) is 23.7 Å². The Labute approximate surface area is 232 Å². The van der Waals surface area contributed by atoms with E-state index in [0.717, 1.165) is 30.9 Å². The Morgan fingerprint density at radius 1 is 1.05 bits per heavy atom. The molecule has 3 heterocycles. The molecule has 1 saturated heterocycles. The molecular formula is C29H31ClN6O3. The third-order valence-electron chi connectivity index (χ3n) is 7.05. The van der Waals surface area contributed by atoms with Gasteiger partial charge < -0.3 is 31.2 Å². The zero-order chi connectivity index (χ0) is 27.5. The predicted octanol–water partition coefficient (Wildman–Crippen LogP) is 5.25. The van der Waals surface area contributed by atoms with E-state index in [4.69, 9.17) is 11.6 Å². The molecule has 1 aromatic heterocycles. The van der Waals surface area contributed by atoms with Crippen molar-refractivity contribution in [3.8, 4) is 0 Å². The number of hydrogen-bond donors (Lipinski definition) is 5. The third-order valence-corrected chi connectivity index (χ3v) is 7.28. The molecule has 3 aromatic rings. The number of halogens is 1. The summed E-state index contributed by atoms with van der Waals surface area (Å²) in [6, 6.07) is 11.6. The molecule has 2 aliphatic rings. The van der Waals surface area contributed by atoms with Crippen molar-refractivity contribution in [3.63, 3.8) is 0 Å². The van der Waals surface area contributed by atoms with Gasteiger partial charge in [-0.3, -0.25) is 9.59 Å². The number of nitrogens with one attached hydrogen (secondary N) is 5. The minimum atomic E-state index is -0.430. The summed E-state index contributed by atoms with van der Waals surface area (Å²) in [4.78, 5) is 43.8. The lowest BCUT2D eigenvalue weighted by molar-refractivity contribution is -0.110. The van der Waals surface area contributed by atoms with Crippen molar-refractivity contribution in [3.05, 3.63) is 75.6 Å².